The molecule has 1 unspecified atom stereocenters. The summed E-state index contributed by atoms with van der Waals surface area (Å²) in [5.74, 6) is -0.408. The van der Waals surface area contributed by atoms with Crippen molar-refractivity contribution in [1.82, 2.24) is 30.1 Å². The molecule has 1 aromatic carbocycles. The lowest BCUT2D eigenvalue weighted by Gasteiger charge is -2.14. The molecule has 0 saturated heterocycles. The van der Waals surface area contributed by atoms with E-state index in [2.05, 4.69) is 20.7 Å². The molecule has 0 bridgehead atoms. The number of aryl methyl sites for hydroxylation is 2. The van der Waals surface area contributed by atoms with Crippen LogP contribution in [-0.4, -0.2) is 36.7 Å². The second kappa shape index (κ2) is 8.06. The van der Waals surface area contributed by atoms with Gasteiger partial charge in [-0.05, 0) is 44.5 Å². The largest absolute Gasteiger partial charge is 0.416 e. The quantitative estimate of drug-likeness (QED) is 0.683. The van der Waals surface area contributed by atoms with Gasteiger partial charge in [0.2, 0.25) is 0 Å². The normalized spacial score (nSPS) is 12.8. The average molecular weight is 406 g/mol. The van der Waals surface area contributed by atoms with E-state index in [-0.39, 0.29) is 18.3 Å². The van der Waals surface area contributed by atoms with Gasteiger partial charge in [0.25, 0.3) is 5.91 Å². The molecular weight excluding hydrogens is 385 g/mol. The number of hydrogen-bond donors (Lipinski definition) is 1. The molecule has 0 fully saturated rings. The van der Waals surface area contributed by atoms with Crippen molar-refractivity contribution in [3.8, 4) is 0 Å². The topological polar surface area (TPSA) is 77.6 Å². The van der Waals surface area contributed by atoms with Crippen LogP contribution in [0.2, 0.25) is 0 Å². The molecule has 2 heterocycles. The summed E-state index contributed by atoms with van der Waals surface area (Å²) in [4.78, 5) is 12.4. The van der Waals surface area contributed by atoms with Crippen molar-refractivity contribution in [3.05, 3.63) is 64.7 Å². The first kappa shape index (κ1) is 20.6. The van der Waals surface area contributed by atoms with E-state index in [4.69, 9.17) is 0 Å². The van der Waals surface area contributed by atoms with Gasteiger partial charge in [0.05, 0.1) is 30.5 Å². The van der Waals surface area contributed by atoms with Crippen LogP contribution in [0.25, 0.3) is 0 Å². The Bertz CT molecular complexity index is 1010. The van der Waals surface area contributed by atoms with Crippen LogP contribution in [0.5, 0.6) is 0 Å². The van der Waals surface area contributed by atoms with Crippen molar-refractivity contribution < 1.29 is 18.0 Å². The monoisotopic (exact) mass is 406 g/mol. The number of aromatic nitrogens is 5. The van der Waals surface area contributed by atoms with Crippen LogP contribution in [0.3, 0.4) is 0 Å². The SMILES string of the molecule is Cc1cc(C)n(CC(C)NC(=O)c2cn(Cc3cccc(C(F)(F)F)c3)nn2)n1. The lowest BCUT2D eigenvalue weighted by molar-refractivity contribution is -0.137. The number of amides is 1. The summed E-state index contributed by atoms with van der Waals surface area (Å²) < 4.78 is 41.6. The Balaban J connectivity index is 1.62. The number of halogens is 3. The number of carbonyl (C=O) groups excluding carboxylic acids is 1. The van der Waals surface area contributed by atoms with E-state index in [1.165, 1.54) is 16.9 Å². The minimum absolute atomic E-state index is 0.0749. The molecule has 154 valence electrons. The number of benzene rings is 1. The summed E-state index contributed by atoms with van der Waals surface area (Å²) in [5.41, 5.74) is 1.67. The van der Waals surface area contributed by atoms with Crippen LogP contribution in [0.1, 0.15) is 39.9 Å². The Morgan fingerprint density at radius 2 is 2.00 bits per heavy atom. The lowest BCUT2D eigenvalue weighted by atomic mass is 10.1. The van der Waals surface area contributed by atoms with Gasteiger partial charge in [0.1, 0.15) is 0 Å². The molecule has 0 aliphatic heterocycles. The predicted molar refractivity (Wildman–Crippen MR) is 99.2 cm³/mol. The number of rotatable bonds is 6. The summed E-state index contributed by atoms with van der Waals surface area (Å²) in [5, 5.41) is 14.8. The van der Waals surface area contributed by atoms with Crippen molar-refractivity contribution in [2.45, 2.75) is 46.1 Å². The molecule has 2 aromatic heterocycles. The molecule has 3 rings (SSSR count). The first-order valence-corrected chi connectivity index (χ1v) is 9.00. The van der Waals surface area contributed by atoms with Crippen LogP contribution in [0, 0.1) is 13.8 Å². The zero-order valence-electron chi connectivity index (χ0n) is 16.2. The Kier molecular flexibility index (Phi) is 5.71. The average Bonchev–Trinajstić information content (AvgIpc) is 3.21. The van der Waals surface area contributed by atoms with Gasteiger partial charge in [0.15, 0.2) is 5.69 Å². The molecule has 3 aromatic rings. The first-order chi connectivity index (χ1) is 13.6. The van der Waals surface area contributed by atoms with Crippen molar-refractivity contribution in [3.63, 3.8) is 0 Å². The molecule has 1 amide bonds. The van der Waals surface area contributed by atoms with Gasteiger partial charge >= 0.3 is 6.18 Å². The summed E-state index contributed by atoms with van der Waals surface area (Å²) in [6.07, 6.45) is -3.00. The summed E-state index contributed by atoms with van der Waals surface area (Å²) in [7, 11) is 0. The summed E-state index contributed by atoms with van der Waals surface area (Å²) >= 11 is 0. The highest BCUT2D eigenvalue weighted by molar-refractivity contribution is 5.92. The number of nitrogens with one attached hydrogen (secondary N) is 1. The van der Waals surface area contributed by atoms with Crippen LogP contribution < -0.4 is 5.32 Å². The van der Waals surface area contributed by atoms with Crippen molar-refractivity contribution in [2.24, 2.45) is 0 Å². The van der Waals surface area contributed by atoms with Crippen LogP contribution in [-0.2, 0) is 19.3 Å². The zero-order chi connectivity index (χ0) is 21.2. The number of nitrogens with zero attached hydrogens (tertiary/aromatic N) is 5. The number of hydrogen-bond acceptors (Lipinski definition) is 4. The Morgan fingerprint density at radius 3 is 2.66 bits per heavy atom. The van der Waals surface area contributed by atoms with Crippen molar-refractivity contribution >= 4 is 5.91 Å². The highest BCUT2D eigenvalue weighted by atomic mass is 19.4. The van der Waals surface area contributed by atoms with Gasteiger partial charge < -0.3 is 5.32 Å². The van der Waals surface area contributed by atoms with E-state index < -0.39 is 17.6 Å². The molecule has 29 heavy (non-hydrogen) atoms. The molecule has 1 N–H and O–H groups in total. The van der Waals surface area contributed by atoms with Crippen molar-refractivity contribution in [1.29, 1.82) is 0 Å². The van der Waals surface area contributed by atoms with E-state index in [1.54, 1.807) is 6.07 Å². The fraction of sp³-hybridized carbons (Fsp3) is 0.368. The van der Waals surface area contributed by atoms with Gasteiger partial charge in [-0.2, -0.15) is 18.3 Å². The molecular formula is C19H21F3N6O. The molecule has 7 nitrogen and oxygen atoms in total. The first-order valence-electron chi connectivity index (χ1n) is 9.00. The third kappa shape index (κ3) is 5.21. The third-order valence-electron chi connectivity index (χ3n) is 4.30. The molecule has 1 atom stereocenters. The molecule has 0 radical (unpaired) electrons. The third-order valence-corrected chi connectivity index (χ3v) is 4.30. The van der Waals surface area contributed by atoms with Gasteiger partial charge in [-0.3, -0.25) is 9.48 Å². The number of alkyl halides is 3. The minimum atomic E-state index is -4.41. The highest BCUT2D eigenvalue weighted by Crippen LogP contribution is 2.29. The summed E-state index contributed by atoms with van der Waals surface area (Å²) in [6, 6.07) is 6.71. The maximum absolute atomic E-state index is 12.8. The van der Waals surface area contributed by atoms with Gasteiger partial charge in [0, 0.05) is 11.7 Å². The standard InChI is InChI=1S/C19H21F3N6O/c1-12-7-14(3)28(25-12)9-13(2)23-18(29)17-11-27(26-24-17)10-15-5-4-6-16(8-15)19(20,21)22/h4-8,11,13H,9-10H2,1-3H3,(H,23,29). The van der Waals surface area contributed by atoms with Gasteiger partial charge in [-0.15, -0.1) is 5.10 Å². The van der Waals surface area contributed by atoms with E-state index in [9.17, 15) is 18.0 Å². The smallest absolute Gasteiger partial charge is 0.346 e. The van der Waals surface area contributed by atoms with Crippen LogP contribution in [0.4, 0.5) is 13.2 Å². The van der Waals surface area contributed by atoms with Crippen molar-refractivity contribution in [2.75, 3.05) is 0 Å². The molecule has 0 aliphatic carbocycles. The highest BCUT2D eigenvalue weighted by Gasteiger charge is 2.30. The predicted octanol–water partition coefficient (Wildman–Crippen LogP) is 2.98. The van der Waals surface area contributed by atoms with Crippen LogP contribution >= 0.6 is 0 Å². The molecule has 0 spiro atoms. The number of carbonyl (C=O) groups is 1. The van der Waals surface area contributed by atoms with Gasteiger partial charge in [-0.1, -0.05) is 17.3 Å². The second-order valence-electron chi connectivity index (χ2n) is 6.98. The van der Waals surface area contributed by atoms with Gasteiger partial charge in [-0.25, -0.2) is 4.68 Å². The lowest BCUT2D eigenvalue weighted by Crippen LogP contribution is -2.36. The van der Waals surface area contributed by atoms with E-state index in [0.717, 1.165) is 23.5 Å². The zero-order valence-corrected chi connectivity index (χ0v) is 16.2. The minimum Gasteiger partial charge on any atom is -0.346 e. The van der Waals surface area contributed by atoms with E-state index >= 15 is 0 Å². The Hall–Kier alpha value is -3.17. The molecule has 0 saturated carbocycles. The van der Waals surface area contributed by atoms with E-state index in [1.807, 2.05) is 31.5 Å². The van der Waals surface area contributed by atoms with Crippen LogP contribution in [0.15, 0.2) is 36.5 Å². The molecule has 10 heteroatoms. The fourth-order valence-corrected chi connectivity index (χ4v) is 2.98. The maximum Gasteiger partial charge on any atom is 0.416 e. The second-order valence-corrected chi connectivity index (χ2v) is 6.98. The Morgan fingerprint density at radius 1 is 1.24 bits per heavy atom. The van der Waals surface area contributed by atoms with E-state index in [0.29, 0.717) is 12.1 Å². The maximum atomic E-state index is 12.8. The fourth-order valence-electron chi connectivity index (χ4n) is 2.98. The molecule has 0 aliphatic rings. The summed E-state index contributed by atoms with van der Waals surface area (Å²) in [6.45, 7) is 6.26. The Labute approximate surface area is 165 Å².